The summed E-state index contributed by atoms with van der Waals surface area (Å²) in [6.45, 7) is 3.54. The van der Waals surface area contributed by atoms with Crippen LogP contribution in [0.15, 0.2) is 72.8 Å². The first kappa shape index (κ1) is 20.3. The molecule has 0 saturated carbocycles. The van der Waals surface area contributed by atoms with E-state index in [1.807, 2.05) is 61.5 Å². The molecule has 0 fully saturated rings. The van der Waals surface area contributed by atoms with E-state index in [4.69, 9.17) is 4.74 Å². The summed E-state index contributed by atoms with van der Waals surface area (Å²) in [5.41, 5.74) is 4.44. The number of Topliss-reactive ketones (excluding diaryl/α,β-unsaturated/α-hetero) is 1. The van der Waals surface area contributed by atoms with Crippen molar-refractivity contribution in [1.29, 1.82) is 0 Å². The molecule has 1 amide bonds. The first-order valence-corrected chi connectivity index (χ1v) is 9.56. The summed E-state index contributed by atoms with van der Waals surface area (Å²) in [5, 5.41) is 3.14. The van der Waals surface area contributed by atoms with Crippen LogP contribution in [-0.4, -0.2) is 18.8 Å². The maximum atomic E-state index is 12.9. The van der Waals surface area contributed by atoms with Crippen LogP contribution in [0.25, 0.3) is 0 Å². The van der Waals surface area contributed by atoms with Crippen LogP contribution in [0.3, 0.4) is 0 Å². The summed E-state index contributed by atoms with van der Waals surface area (Å²) in [7, 11) is 1.56. The van der Waals surface area contributed by atoms with Crippen molar-refractivity contribution in [2.24, 2.45) is 0 Å². The van der Waals surface area contributed by atoms with Crippen LogP contribution in [0.1, 0.15) is 45.6 Å². The molecule has 0 unspecified atom stereocenters. The lowest BCUT2D eigenvalue weighted by Gasteiger charge is -2.20. The normalized spacial score (nSPS) is 11.6. The number of amides is 1. The Hall–Kier alpha value is -3.40. The average molecular weight is 387 g/mol. The molecule has 3 rings (SSSR count). The summed E-state index contributed by atoms with van der Waals surface area (Å²) in [4.78, 5) is 24.7. The van der Waals surface area contributed by atoms with Gasteiger partial charge < -0.3 is 10.1 Å². The van der Waals surface area contributed by atoms with Gasteiger partial charge in [-0.2, -0.15) is 0 Å². The fraction of sp³-hybridized carbons (Fsp3) is 0.200. The molecule has 0 bridgehead atoms. The Bertz CT molecular complexity index is 994. The Balaban J connectivity index is 1.87. The van der Waals surface area contributed by atoms with Crippen molar-refractivity contribution in [3.8, 4) is 5.75 Å². The van der Waals surface area contributed by atoms with Crippen LogP contribution in [0.2, 0.25) is 0 Å². The van der Waals surface area contributed by atoms with Gasteiger partial charge >= 0.3 is 0 Å². The minimum Gasteiger partial charge on any atom is -0.496 e. The first-order valence-electron chi connectivity index (χ1n) is 9.56. The van der Waals surface area contributed by atoms with E-state index < -0.39 is 0 Å². The molecule has 1 N–H and O–H groups in total. The van der Waals surface area contributed by atoms with Gasteiger partial charge in [0.05, 0.1) is 19.6 Å². The molecule has 3 aromatic carbocycles. The van der Waals surface area contributed by atoms with Gasteiger partial charge in [0, 0.05) is 11.1 Å². The molecule has 1 atom stereocenters. The van der Waals surface area contributed by atoms with Gasteiger partial charge in [0.1, 0.15) is 5.75 Å². The van der Waals surface area contributed by atoms with E-state index in [9.17, 15) is 9.59 Å². The van der Waals surface area contributed by atoms with Crippen molar-refractivity contribution in [2.45, 2.75) is 26.3 Å². The van der Waals surface area contributed by atoms with Crippen LogP contribution < -0.4 is 10.1 Å². The van der Waals surface area contributed by atoms with Crippen molar-refractivity contribution in [2.75, 3.05) is 7.11 Å². The number of carbonyl (C=O) groups is 2. The zero-order valence-electron chi connectivity index (χ0n) is 16.9. The number of methoxy groups -OCH3 is 1. The molecule has 4 nitrogen and oxygen atoms in total. The van der Waals surface area contributed by atoms with Gasteiger partial charge in [-0.1, -0.05) is 60.2 Å². The molecule has 148 valence electrons. The third kappa shape index (κ3) is 5.11. The molecule has 0 heterocycles. The minimum absolute atomic E-state index is 0.0453. The molecule has 29 heavy (non-hydrogen) atoms. The van der Waals surface area contributed by atoms with E-state index in [-0.39, 0.29) is 24.2 Å². The quantitative estimate of drug-likeness (QED) is 0.600. The monoisotopic (exact) mass is 387 g/mol. The van der Waals surface area contributed by atoms with Gasteiger partial charge in [-0.15, -0.1) is 0 Å². The summed E-state index contributed by atoms with van der Waals surface area (Å²) in [6, 6.07) is 22.9. The molecule has 0 aliphatic rings. The van der Waals surface area contributed by atoms with Gasteiger partial charge in [-0.25, -0.2) is 0 Å². The fourth-order valence-electron chi connectivity index (χ4n) is 3.28. The van der Waals surface area contributed by atoms with Gasteiger partial charge in [0.15, 0.2) is 5.78 Å². The van der Waals surface area contributed by atoms with E-state index in [1.54, 1.807) is 25.3 Å². The molecular weight excluding hydrogens is 362 g/mol. The van der Waals surface area contributed by atoms with Crippen molar-refractivity contribution in [3.63, 3.8) is 0 Å². The lowest BCUT2D eigenvalue weighted by atomic mass is 9.97. The highest BCUT2D eigenvalue weighted by atomic mass is 16.5. The topological polar surface area (TPSA) is 55.4 Å². The number of ketones is 1. The molecule has 0 aromatic heterocycles. The molecule has 0 aliphatic carbocycles. The highest BCUT2D eigenvalue weighted by molar-refractivity contribution is 5.94. The molecular formula is C25H25NO3. The lowest BCUT2D eigenvalue weighted by Crippen LogP contribution is -2.30. The van der Waals surface area contributed by atoms with Crippen LogP contribution in [0.4, 0.5) is 0 Å². The predicted molar refractivity (Wildman–Crippen MR) is 114 cm³/mol. The smallest absolute Gasteiger partial charge is 0.225 e. The van der Waals surface area contributed by atoms with E-state index in [1.165, 1.54) is 6.92 Å². The molecule has 3 aromatic rings. The van der Waals surface area contributed by atoms with Crippen molar-refractivity contribution in [1.82, 2.24) is 5.32 Å². The second-order valence-corrected chi connectivity index (χ2v) is 7.08. The summed E-state index contributed by atoms with van der Waals surface area (Å²) >= 11 is 0. The number of nitrogens with one attached hydrogen (secondary N) is 1. The Labute approximate surface area is 171 Å². The second kappa shape index (κ2) is 9.20. The van der Waals surface area contributed by atoms with Gasteiger partial charge in [0.25, 0.3) is 0 Å². The van der Waals surface area contributed by atoms with Crippen LogP contribution in [0, 0.1) is 6.92 Å². The number of rotatable bonds is 7. The van der Waals surface area contributed by atoms with Crippen LogP contribution in [0.5, 0.6) is 5.75 Å². The van der Waals surface area contributed by atoms with Crippen molar-refractivity contribution in [3.05, 3.63) is 101 Å². The predicted octanol–water partition coefficient (Wildman–Crippen LogP) is 4.65. The summed E-state index contributed by atoms with van der Waals surface area (Å²) in [6.07, 6.45) is 0.124. The van der Waals surface area contributed by atoms with Crippen molar-refractivity contribution >= 4 is 11.7 Å². The third-order valence-electron chi connectivity index (χ3n) is 4.89. The van der Waals surface area contributed by atoms with Gasteiger partial charge in [-0.05, 0) is 43.2 Å². The fourth-order valence-corrected chi connectivity index (χ4v) is 3.28. The van der Waals surface area contributed by atoms with Gasteiger partial charge in [0.2, 0.25) is 5.91 Å². The highest BCUT2D eigenvalue weighted by Crippen LogP contribution is 2.24. The lowest BCUT2D eigenvalue weighted by molar-refractivity contribution is -0.121. The summed E-state index contributed by atoms with van der Waals surface area (Å²) in [5.74, 6) is 0.409. The van der Waals surface area contributed by atoms with E-state index in [0.717, 1.165) is 16.7 Å². The first-order chi connectivity index (χ1) is 14.0. The number of hydrogen-bond donors (Lipinski definition) is 1. The second-order valence-electron chi connectivity index (χ2n) is 7.08. The Morgan fingerprint density at radius 2 is 1.59 bits per heavy atom. The Kier molecular flexibility index (Phi) is 6.45. The Morgan fingerprint density at radius 3 is 2.21 bits per heavy atom. The van der Waals surface area contributed by atoms with E-state index >= 15 is 0 Å². The third-order valence-corrected chi connectivity index (χ3v) is 4.89. The SMILES string of the molecule is COc1ccc(C(C)=O)cc1CC(=O)N[C@@H](c1ccccc1)c1ccc(C)cc1. The molecule has 0 aliphatic heterocycles. The van der Waals surface area contributed by atoms with Crippen LogP contribution in [-0.2, 0) is 11.2 Å². The number of ether oxygens (including phenoxy) is 1. The van der Waals surface area contributed by atoms with Crippen molar-refractivity contribution < 1.29 is 14.3 Å². The number of benzene rings is 3. The van der Waals surface area contributed by atoms with E-state index in [0.29, 0.717) is 16.9 Å². The molecule has 0 spiro atoms. The highest BCUT2D eigenvalue weighted by Gasteiger charge is 2.18. The Morgan fingerprint density at radius 1 is 0.931 bits per heavy atom. The standard InChI is InChI=1S/C25H25NO3/c1-17-9-11-20(12-10-17)25(19-7-5-4-6-8-19)26-24(28)16-22-15-21(18(2)27)13-14-23(22)29-3/h4-15,25H,16H2,1-3H3,(H,26,28)/t25-/m0/s1. The molecule has 0 radical (unpaired) electrons. The number of hydrogen-bond acceptors (Lipinski definition) is 3. The summed E-state index contributed by atoms with van der Waals surface area (Å²) < 4.78 is 5.38. The maximum absolute atomic E-state index is 12.9. The minimum atomic E-state index is -0.258. The number of carbonyl (C=O) groups excluding carboxylic acids is 2. The maximum Gasteiger partial charge on any atom is 0.225 e. The zero-order valence-corrected chi connectivity index (χ0v) is 16.9. The van der Waals surface area contributed by atoms with Crippen LogP contribution >= 0.6 is 0 Å². The molecule has 0 saturated heterocycles. The average Bonchev–Trinajstić information content (AvgIpc) is 2.73. The number of aryl methyl sites for hydroxylation is 1. The zero-order chi connectivity index (χ0) is 20.8. The largest absolute Gasteiger partial charge is 0.496 e. The van der Waals surface area contributed by atoms with E-state index in [2.05, 4.69) is 5.32 Å². The van der Waals surface area contributed by atoms with Gasteiger partial charge in [-0.3, -0.25) is 9.59 Å². The molecule has 4 heteroatoms.